The summed E-state index contributed by atoms with van der Waals surface area (Å²) in [5.41, 5.74) is 1.63. The number of hydrogen-bond donors (Lipinski definition) is 0. The van der Waals surface area contributed by atoms with Gasteiger partial charge in [-0.1, -0.05) is 0 Å². The number of ether oxygens (including phenoxy) is 1. The first-order valence-corrected chi connectivity index (χ1v) is 10.1. The Bertz CT molecular complexity index is 827. The molecule has 0 bridgehead atoms. The number of nitrogens with zero attached hydrogens (tertiary/aromatic N) is 6. The number of likely N-dealkylation sites (N-methyl/N-ethyl adjacent to an activating group) is 1. The molecule has 8 heteroatoms. The van der Waals surface area contributed by atoms with E-state index in [1.807, 2.05) is 17.0 Å². The lowest BCUT2D eigenvalue weighted by atomic mass is 10.2. The quantitative estimate of drug-likeness (QED) is 0.769. The van der Waals surface area contributed by atoms with Gasteiger partial charge >= 0.3 is 0 Å². The van der Waals surface area contributed by atoms with Crippen LogP contribution in [0.25, 0.3) is 0 Å². The fourth-order valence-electron chi connectivity index (χ4n) is 3.75. The molecule has 2 saturated heterocycles. The third-order valence-electron chi connectivity index (χ3n) is 5.65. The van der Waals surface area contributed by atoms with E-state index in [0.717, 1.165) is 50.7 Å². The average Bonchev–Trinajstić information content (AvgIpc) is 2.79. The van der Waals surface area contributed by atoms with E-state index in [9.17, 15) is 4.79 Å². The summed E-state index contributed by atoms with van der Waals surface area (Å²) in [5, 5.41) is 0. The van der Waals surface area contributed by atoms with Gasteiger partial charge in [0.1, 0.15) is 11.4 Å². The molecule has 1 amide bonds. The molecule has 2 aliphatic heterocycles. The number of carbonyl (C=O) groups excluding carboxylic acids is 1. The third-order valence-corrected chi connectivity index (χ3v) is 5.65. The molecule has 0 aliphatic carbocycles. The van der Waals surface area contributed by atoms with Crippen molar-refractivity contribution in [3.8, 4) is 5.75 Å². The maximum atomic E-state index is 13.0. The molecule has 2 aliphatic rings. The van der Waals surface area contributed by atoms with Crippen molar-refractivity contribution in [3.63, 3.8) is 0 Å². The minimum Gasteiger partial charge on any atom is -0.497 e. The minimum atomic E-state index is -0.0165. The van der Waals surface area contributed by atoms with E-state index < -0.39 is 0 Å². The van der Waals surface area contributed by atoms with E-state index >= 15 is 0 Å². The van der Waals surface area contributed by atoms with Crippen molar-refractivity contribution in [1.29, 1.82) is 0 Å². The van der Waals surface area contributed by atoms with Crippen molar-refractivity contribution in [2.45, 2.75) is 0 Å². The monoisotopic (exact) mass is 396 g/mol. The van der Waals surface area contributed by atoms with Gasteiger partial charge in [0.05, 0.1) is 7.11 Å². The second kappa shape index (κ2) is 8.65. The summed E-state index contributed by atoms with van der Waals surface area (Å²) in [4.78, 5) is 30.6. The van der Waals surface area contributed by atoms with Gasteiger partial charge in [0.25, 0.3) is 5.91 Å². The number of anilines is 2. The zero-order valence-corrected chi connectivity index (χ0v) is 17.1. The molecule has 154 valence electrons. The zero-order valence-electron chi connectivity index (χ0n) is 17.1. The summed E-state index contributed by atoms with van der Waals surface area (Å²) in [6, 6.07) is 9.77. The maximum absolute atomic E-state index is 13.0. The Balaban J connectivity index is 1.37. The molecule has 0 radical (unpaired) electrons. The molecule has 1 aromatic carbocycles. The topological polar surface area (TPSA) is 65.0 Å². The molecule has 8 nitrogen and oxygen atoms in total. The molecule has 4 rings (SSSR count). The van der Waals surface area contributed by atoms with Crippen LogP contribution in [0.2, 0.25) is 0 Å². The SMILES string of the molecule is COc1ccc(N2CCN(C(=O)c3ccnc(N4CCN(C)CC4)n3)CC2)cc1. The normalized spacial score (nSPS) is 18.1. The number of amides is 1. The highest BCUT2D eigenvalue weighted by Gasteiger charge is 2.24. The lowest BCUT2D eigenvalue weighted by Crippen LogP contribution is -2.49. The Morgan fingerprint density at radius 2 is 1.55 bits per heavy atom. The number of methoxy groups -OCH3 is 1. The Kier molecular flexibility index (Phi) is 5.80. The fraction of sp³-hybridized carbons (Fsp3) is 0.476. The van der Waals surface area contributed by atoms with Gasteiger partial charge in [0.2, 0.25) is 5.95 Å². The summed E-state index contributed by atoms with van der Waals surface area (Å²) < 4.78 is 5.22. The van der Waals surface area contributed by atoms with E-state index in [4.69, 9.17) is 4.74 Å². The fourth-order valence-corrected chi connectivity index (χ4v) is 3.75. The van der Waals surface area contributed by atoms with Crippen LogP contribution in [0.5, 0.6) is 5.75 Å². The summed E-state index contributed by atoms with van der Waals surface area (Å²) in [7, 11) is 3.78. The van der Waals surface area contributed by atoms with Crippen LogP contribution in [0.15, 0.2) is 36.5 Å². The van der Waals surface area contributed by atoms with Crippen molar-refractivity contribution >= 4 is 17.5 Å². The second-order valence-corrected chi connectivity index (χ2v) is 7.51. The van der Waals surface area contributed by atoms with Crippen LogP contribution < -0.4 is 14.5 Å². The van der Waals surface area contributed by atoms with E-state index in [1.54, 1.807) is 19.4 Å². The van der Waals surface area contributed by atoms with Gasteiger partial charge in [-0.05, 0) is 37.4 Å². The van der Waals surface area contributed by atoms with E-state index in [2.05, 4.69) is 43.8 Å². The van der Waals surface area contributed by atoms with Crippen LogP contribution in [0.1, 0.15) is 10.5 Å². The molecule has 0 N–H and O–H groups in total. The van der Waals surface area contributed by atoms with Crippen LogP contribution in [-0.2, 0) is 0 Å². The summed E-state index contributed by atoms with van der Waals surface area (Å²) in [6.07, 6.45) is 1.70. The lowest BCUT2D eigenvalue weighted by molar-refractivity contribution is 0.0740. The van der Waals surface area contributed by atoms with Gasteiger partial charge in [-0.15, -0.1) is 0 Å². The van der Waals surface area contributed by atoms with Crippen molar-refractivity contribution < 1.29 is 9.53 Å². The average molecular weight is 396 g/mol. The largest absolute Gasteiger partial charge is 0.497 e. The van der Waals surface area contributed by atoms with Crippen LogP contribution in [0.3, 0.4) is 0 Å². The highest BCUT2D eigenvalue weighted by atomic mass is 16.5. The standard InChI is InChI=1S/C21H28N6O2/c1-24-9-11-27(12-10-24)21-22-8-7-19(23-21)20(28)26-15-13-25(14-16-26)17-3-5-18(29-2)6-4-17/h3-8H,9-16H2,1-2H3. The van der Waals surface area contributed by atoms with Gasteiger partial charge in [0.15, 0.2) is 0 Å². The van der Waals surface area contributed by atoms with Crippen molar-refractivity contribution in [1.82, 2.24) is 19.8 Å². The van der Waals surface area contributed by atoms with Gasteiger partial charge < -0.3 is 24.3 Å². The van der Waals surface area contributed by atoms with Crippen LogP contribution in [0, 0.1) is 0 Å². The lowest BCUT2D eigenvalue weighted by Gasteiger charge is -2.36. The summed E-state index contributed by atoms with van der Waals surface area (Å²) >= 11 is 0. The van der Waals surface area contributed by atoms with Crippen molar-refractivity contribution in [3.05, 3.63) is 42.2 Å². The number of rotatable bonds is 4. The van der Waals surface area contributed by atoms with Gasteiger partial charge in [0, 0.05) is 64.2 Å². The first-order chi connectivity index (χ1) is 14.1. The van der Waals surface area contributed by atoms with Crippen molar-refractivity contribution in [2.75, 3.05) is 76.3 Å². The molecule has 0 spiro atoms. The molecule has 29 heavy (non-hydrogen) atoms. The highest BCUT2D eigenvalue weighted by molar-refractivity contribution is 5.92. The van der Waals surface area contributed by atoms with Crippen LogP contribution in [0.4, 0.5) is 11.6 Å². The zero-order chi connectivity index (χ0) is 20.2. The molecule has 2 fully saturated rings. The van der Waals surface area contributed by atoms with Gasteiger partial charge in [-0.25, -0.2) is 9.97 Å². The van der Waals surface area contributed by atoms with Crippen LogP contribution >= 0.6 is 0 Å². The molecule has 1 aromatic heterocycles. The number of carbonyl (C=O) groups is 1. The predicted octanol–water partition coefficient (Wildman–Crippen LogP) is 1.20. The molecule has 0 unspecified atom stereocenters. The Morgan fingerprint density at radius 3 is 2.21 bits per heavy atom. The Hall–Kier alpha value is -2.87. The highest BCUT2D eigenvalue weighted by Crippen LogP contribution is 2.21. The molecular formula is C21H28N6O2. The Labute approximate surface area is 171 Å². The first-order valence-electron chi connectivity index (χ1n) is 10.1. The van der Waals surface area contributed by atoms with Gasteiger partial charge in [-0.2, -0.15) is 0 Å². The Morgan fingerprint density at radius 1 is 0.897 bits per heavy atom. The smallest absolute Gasteiger partial charge is 0.272 e. The summed E-state index contributed by atoms with van der Waals surface area (Å²) in [6.45, 7) is 6.69. The van der Waals surface area contributed by atoms with E-state index in [-0.39, 0.29) is 5.91 Å². The van der Waals surface area contributed by atoms with Gasteiger partial charge in [-0.3, -0.25) is 4.79 Å². The molecule has 0 saturated carbocycles. The predicted molar refractivity (Wildman–Crippen MR) is 113 cm³/mol. The number of benzene rings is 1. The van der Waals surface area contributed by atoms with E-state index in [0.29, 0.717) is 24.7 Å². The second-order valence-electron chi connectivity index (χ2n) is 7.51. The molecule has 0 atom stereocenters. The van der Waals surface area contributed by atoms with E-state index in [1.165, 1.54) is 0 Å². The third kappa shape index (κ3) is 4.42. The molecular weight excluding hydrogens is 368 g/mol. The summed E-state index contributed by atoms with van der Waals surface area (Å²) in [5.74, 6) is 1.49. The number of piperazine rings is 2. The maximum Gasteiger partial charge on any atom is 0.272 e. The first kappa shape index (κ1) is 19.4. The number of hydrogen-bond acceptors (Lipinski definition) is 7. The minimum absolute atomic E-state index is 0.0165. The van der Waals surface area contributed by atoms with Crippen molar-refractivity contribution in [2.24, 2.45) is 0 Å². The molecule has 2 aromatic rings. The molecule has 3 heterocycles. The van der Waals surface area contributed by atoms with Crippen LogP contribution in [-0.4, -0.2) is 92.2 Å². The number of aromatic nitrogens is 2.